The van der Waals surface area contributed by atoms with Crippen LogP contribution in [0.5, 0.6) is 0 Å². The van der Waals surface area contributed by atoms with Gasteiger partial charge in [0.05, 0.1) is 11.3 Å². The molecule has 0 aromatic carbocycles. The van der Waals surface area contributed by atoms with Crippen molar-refractivity contribution in [2.24, 2.45) is 5.73 Å². The second kappa shape index (κ2) is 6.75. The predicted octanol–water partition coefficient (Wildman–Crippen LogP) is 2.22. The minimum absolute atomic E-state index is 0.396. The summed E-state index contributed by atoms with van der Waals surface area (Å²) in [7, 11) is 4.12. The molecule has 0 aliphatic carbocycles. The summed E-state index contributed by atoms with van der Waals surface area (Å²) in [6.45, 7) is 5.85. The molecule has 0 spiro atoms. The van der Waals surface area contributed by atoms with E-state index in [2.05, 4.69) is 28.5 Å². The molecule has 0 aliphatic rings. The van der Waals surface area contributed by atoms with Crippen molar-refractivity contribution < 1.29 is 4.79 Å². The van der Waals surface area contributed by atoms with Crippen molar-refractivity contribution in [3.05, 3.63) is 41.3 Å². The summed E-state index contributed by atoms with van der Waals surface area (Å²) in [5.74, 6) is -0.396. The number of carbonyl (C=O) groups excluding carboxylic acids is 1. The van der Waals surface area contributed by atoms with Crippen molar-refractivity contribution in [1.82, 2.24) is 14.5 Å². The molecule has 0 fully saturated rings. The summed E-state index contributed by atoms with van der Waals surface area (Å²) in [5.41, 5.74) is 9.83. The molecular formula is C17H24N4O. The monoisotopic (exact) mass is 300 g/mol. The summed E-state index contributed by atoms with van der Waals surface area (Å²) >= 11 is 0. The van der Waals surface area contributed by atoms with Gasteiger partial charge in [0.15, 0.2) is 0 Å². The Morgan fingerprint density at radius 2 is 2.00 bits per heavy atom. The largest absolute Gasteiger partial charge is 0.366 e. The third-order valence-corrected chi connectivity index (χ3v) is 3.94. The van der Waals surface area contributed by atoms with E-state index in [0.717, 1.165) is 42.2 Å². The molecule has 1 amide bonds. The average Bonchev–Trinajstić information content (AvgIpc) is 2.72. The molecule has 0 atom stereocenters. The fourth-order valence-corrected chi connectivity index (χ4v) is 2.89. The van der Waals surface area contributed by atoms with E-state index >= 15 is 0 Å². The zero-order valence-electron chi connectivity index (χ0n) is 13.8. The first-order chi connectivity index (χ1) is 10.4. The number of carbonyl (C=O) groups is 1. The molecule has 2 heterocycles. The number of nitrogens with zero attached hydrogens (tertiary/aromatic N) is 3. The first-order valence-corrected chi connectivity index (χ1v) is 7.49. The Morgan fingerprint density at radius 1 is 1.27 bits per heavy atom. The van der Waals surface area contributed by atoms with Gasteiger partial charge in [0.2, 0.25) is 0 Å². The molecule has 2 rings (SSSR count). The molecule has 5 heteroatoms. The van der Waals surface area contributed by atoms with Gasteiger partial charge < -0.3 is 15.2 Å². The number of nitrogens with two attached hydrogens (primary N) is 1. The highest BCUT2D eigenvalue weighted by Gasteiger charge is 2.22. The van der Waals surface area contributed by atoms with Crippen molar-refractivity contribution in [3.63, 3.8) is 0 Å². The zero-order chi connectivity index (χ0) is 16.3. The molecule has 0 saturated carbocycles. The Morgan fingerprint density at radius 3 is 2.55 bits per heavy atom. The van der Waals surface area contributed by atoms with Crippen LogP contribution < -0.4 is 5.73 Å². The lowest BCUT2D eigenvalue weighted by molar-refractivity contribution is 0.1000. The number of pyridine rings is 1. The minimum Gasteiger partial charge on any atom is -0.366 e. The Bertz CT molecular complexity index is 659. The van der Waals surface area contributed by atoms with E-state index in [-0.39, 0.29) is 0 Å². The van der Waals surface area contributed by atoms with Gasteiger partial charge in [-0.25, -0.2) is 0 Å². The van der Waals surface area contributed by atoms with Gasteiger partial charge in [-0.05, 0) is 53.0 Å². The summed E-state index contributed by atoms with van der Waals surface area (Å²) < 4.78 is 2.17. The van der Waals surface area contributed by atoms with Crippen LogP contribution in [0.15, 0.2) is 24.4 Å². The molecule has 0 radical (unpaired) electrons. The van der Waals surface area contributed by atoms with Crippen LogP contribution in [0.1, 0.15) is 28.2 Å². The molecule has 2 N–H and O–H groups in total. The van der Waals surface area contributed by atoms with Crippen LogP contribution in [0.3, 0.4) is 0 Å². The van der Waals surface area contributed by atoms with Crippen LogP contribution in [0.25, 0.3) is 11.3 Å². The van der Waals surface area contributed by atoms with Crippen LogP contribution in [0.4, 0.5) is 0 Å². The highest BCUT2D eigenvalue weighted by atomic mass is 16.1. The number of aromatic nitrogens is 2. The van der Waals surface area contributed by atoms with Gasteiger partial charge in [-0.1, -0.05) is 6.07 Å². The number of primary amides is 1. The standard InChI is InChI=1S/C17H24N4O/c1-12-15(14-8-5-6-9-19-14)16(17(18)22)13(2)21(12)11-7-10-20(3)4/h5-6,8-9H,7,10-11H2,1-4H3,(H2,18,22). The Hall–Kier alpha value is -2.14. The summed E-state index contributed by atoms with van der Waals surface area (Å²) in [5, 5.41) is 0. The van der Waals surface area contributed by atoms with Crippen molar-refractivity contribution in [3.8, 4) is 11.3 Å². The highest BCUT2D eigenvalue weighted by molar-refractivity contribution is 6.01. The maximum atomic E-state index is 11.9. The predicted molar refractivity (Wildman–Crippen MR) is 88.8 cm³/mol. The molecule has 0 aliphatic heterocycles. The van der Waals surface area contributed by atoms with Gasteiger partial charge in [-0.2, -0.15) is 0 Å². The molecule has 2 aromatic rings. The lowest BCUT2D eigenvalue weighted by Gasteiger charge is -2.13. The molecule has 118 valence electrons. The summed E-state index contributed by atoms with van der Waals surface area (Å²) in [6.07, 6.45) is 2.75. The number of amides is 1. The fourth-order valence-electron chi connectivity index (χ4n) is 2.89. The van der Waals surface area contributed by atoms with Crippen LogP contribution >= 0.6 is 0 Å². The van der Waals surface area contributed by atoms with Crippen molar-refractivity contribution in [2.75, 3.05) is 20.6 Å². The highest BCUT2D eigenvalue weighted by Crippen LogP contribution is 2.31. The lowest BCUT2D eigenvalue weighted by atomic mass is 10.0. The third-order valence-electron chi connectivity index (χ3n) is 3.94. The number of hydrogen-bond donors (Lipinski definition) is 1. The Labute approximate surface area is 131 Å². The molecular weight excluding hydrogens is 276 g/mol. The van der Waals surface area contributed by atoms with E-state index in [9.17, 15) is 4.79 Å². The zero-order valence-corrected chi connectivity index (χ0v) is 13.8. The van der Waals surface area contributed by atoms with Crippen molar-refractivity contribution in [1.29, 1.82) is 0 Å². The van der Waals surface area contributed by atoms with Gasteiger partial charge in [0.1, 0.15) is 0 Å². The first-order valence-electron chi connectivity index (χ1n) is 7.49. The van der Waals surface area contributed by atoms with E-state index in [1.165, 1.54) is 0 Å². The van der Waals surface area contributed by atoms with Crippen LogP contribution in [0, 0.1) is 13.8 Å². The second-order valence-electron chi connectivity index (χ2n) is 5.81. The summed E-state index contributed by atoms with van der Waals surface area (Å²) in [6, 6.07) is 5.70. The topological polar surface area (TPSA) is 64.2 Å². The van der Waals surface area contributed by atoms with Gasteiger partial charge >= 0.3 is 0 Å². The van der Waals surface area contributed by atoms with E-state index < -0.39 is 5.91 Å². The maximum absolute atomic E-state index is 11.9. The van der Waals surface area contributed by atoms with E-state index in [0.29, 0.717) is 5.56 Å². The molecule has 0 bridgehead atoms. The molecule has 22 heavy (non-hydrogen) atoms. The maximum Gasteiger partial charge on any atom is 0.251 e. The minimum atomic E-state index is -0.396. The van der Waals surface area contributed by atoms with Gasteiger partial charge in [-0.15, -0.1) is 0 Å². The van der Waals surface area contributed by atoms with Crippen LogP contribution in [-0.4, -0.2) is 41.0 Å². The van der Waals surface area contributed by atoms with E-state index in [4.69, 9.17) is 5.73 Å². The lowest BCUT2D eigenvalue weighted by Crippen LogP contribution is -2.16. The van der Waals surface area contributed by atoms with Crippen LogP contribution in [-0.2, 0) is 6.54 Å². The molecule has 0 saturated heterocycles. The van der Waals surface area contributed by atoms with E-state index in [1.807, 2.05) is 32.0 Å². The Balaban J connectivity index is 2.47. The van der Waals surface area contributed by atoms with Crippen molar-refractivity contribution in [2.45, 2.75) is 26.8 Å². The number of hydrogen-bond acceptors (Lipinski definition) is 3. The fraction of sp³-hybridized carbons (Fsp3) is 0.412. The molecule has 2 aromatic heterocycles. The molecule has 5 nitrogen and oxygen atoms in total. The normalized spacial score (nSPS) is 11.1. The van der Waals surface area contributed by atoms with Gasteiger partial charge in [0, 0.05) is 29.7 Å². The average molecular weight is 300 g/mol. The number of rotatable bonds is 6. The van der Waals surface area contributed by atoms with Gasteiger partial charge in [0.25, 0.3) is 5.91 Å². The van der Waals surface area contributed by atoms with Crippen LogP contribution in [0.2, 0.25) is 0 Å². The smallest absolute Gasteiger partial charge is 0.251 e. The van der Waals surface area contributed by atoms with E-state index in [1.54, 1.807) is 6.20 Å². The quantitative estimate of drug-likeness (QED) is 0.889. The SMILES string of the molecule is Cc1c(C(N)=O)c(-c2ccccn2)c(C)n1CCCN(C)C. The first kappa shape index (κ1) is 16.2. The third kappa shape index (κ3) is 3.20. The second-order valence-corrected chi connectivity index (χ2v) is 5.81. The van der Waals surface area contributed by atoms with Gasteiger partial charge in [-0.3, -0.25) is 9.78 Å². The summed E-state index contributed by atoms with van der Waals surface area (Å²) in [4.78, 5) is 18.5. The Kier molecular flexibility index (Phi) is 4.98. The van der Waals surface area contributed by atoms with Crippen molar-refractivity contribution >= 4 is 5.91 Å². The molecule has 0 unspecified atom stereocenters.